The van der Waals surface area contributed by atoms with E-state index in [1.807, 2.05) is 0 Å². The van der Waals surface area contributed by atoms with Crippen molar-refractivity contribution in [3.05, 3.63) is 0 Å². The zero-order valence-electron chi connectivity index (χ0n) is 4.50. The second-order valence-corrected chi connectivity index (χ2v) is 3.16. The van der Waals surface area contributed by atoms with Crippen LogP contribution in [0.2, 0.25) is 0 Å². The van der Waals surface area contributed by atoms with Gasteiger partial charge in [-0.25, -0.2) is 9.13 Å². The molecule has 0 saturated heterocycles. The topological polar surface area (TPSA) is 80.4 Å². The van der Waals surface area contributed by atoms with E-state index in [1.165, 1.54) is 0 Å². The summed E-state index contributed by atoms with van der Waals surface area (Å²) in [6, 6.07) is 0. The molecule has 0 aliphatic heterocycles. The molecule has 0 radical (unpaired) electrons. The molecule has 0 rings (SSSR count). The summed E-state index contributed by atoms with van der Waals surface area (Å²) in [5, 5.41) is 6.95. The molecule has 0 fully saturated rings. The lowest BCUT2D eigenvalue weighted by Gasteiger charge is -2.07. The van der Waals surface area contributed by atoms with Gasteiger partial charge in [0.1, 0.15) is 0 Å². The second kappa shape index (κ2) is 2.40. The Labute approximate surface area is 47.5 Å². The summed E-state index contributed by atoms with van der Waals surface area (Å²) >= 11 is 0. The molecule has 1 atom stereocenters. The van der Waals surface area contributed by atoms with Gasteiger partial charge in [0.25, 0.3) is 0 Å². The summed E-state index contributed by atoms with van der Waals surface area (Å²) in [5.74, 6) is 0. The molecule has 5 heteroatoms. The summed E-state index contributed by atoms with van der Waals surface area (Å²) in [6.07, 6.45) is 0. The van der Waals surface area contributed by atoms with Crippen molar-refractivity contribution in [3.8, 4) is 0 Å². The van der Waals surface area contributed by atoms with Crippen molar-refractivity contribution in [1.82, 2.24) is 0 Å². The Hall–Kier alpha value is -0.180. The Morgan fingerprint density at radius 2 is 2.12 bits per heavy atom. The molecule has 48 valence electrons. The Balaban J connectivity index is 4.13. The number of hydrogen-bond donors (Lipinski definition) is 2. The normalized spacial score (nSPS) is 17.4. The van der Waals surface area contributed by atoms with Crippen molar-refractivity contribution in [1.29, 1.82) is 0 Å². The first-order valence-electron chi connectivity index (χ1n) is 2.07. The lowest BCUT2D eigenvalue weighted by atomic mass is 10.4. The summed E-state index contributed by atoms with van der Waals surface area (Å²) in [5.41, 5.74) is 4.87. The fourth-order valence-corrected chi connectivity index (χ4v) is 0.224. The Morgan fingerprint density at radius 3 is 2.12 bits per heavy atom. The maximum atomic E-state index is 9.96. The SMILES string of the molecule is CC(O)(CN)P(=O)=O. The standard InChI is InChI=1S/C3H8NO3P/c1-3(5,2-4)8(6)7/h5H,2,4H2,1H3. The molecule has 0 aromatic rings. The van der Waals surface area contributed by atoms with E-state index in [2.05, 4.69) is 0 Å². The third-order valence-electron chi connectivity index (χ3n) is 0.780. The molecular weight excluding hydrogens is 129 g/mol. The number of hydrogen-bond acceptors (Lipinski definition) is 4. The first kappa shape index (κ1) is 7.82. The van der Waals surface area contributed by atoms with Crippen LogP contribution in [0.4, 0.5) is 0 Å². The quantitative estimate of drug-likeness (QED) is 0.517. The van der Waals surface area contributed by atoms with Gasteiger partial charge in [-0.2, -0.15) is 0 Å². The van der Waals surface area contributed by atoms with Gasteiger partial charge in [-0.05, 0) is 6.92 Å². The molecule has 0 aromatic carbocycles. The minimum absolute atomic E-state index is 0.258. The average Bonchev–Trinajstić information content (AvgIpc) is 1.67. The van der Waals surface area contributed by atoms with Crippen LogP contribution in [0.5, 0.6) is 0 Å². The van der Waals surface area contributed by atoms with Gasteiger partial charge in [-0.15, -0.1) is 0 Å². The minimum Gasteiger partial charge on any atom is -0.374 e. The molecule has 4 nitrogen and oxygen atoms in total. The molecule has 0 bridgehead atoms. The van der Waals surface area contributed by atoms with Crippen LogP contribution in [-0.2, 0) is 9.13 Å². The zero-order chi connectivity index (χ0) is 6.78. The zero-order valence-corrected chi connectivity index (χ0v) is 5.39. The van der Waals surface area contributed by atoms with Crippen LogP contribution in [0.25, 0.3) is 0 Å². The highest BCUT2D eigenvalue weighted by molar-refractivity contribution is 7.32. The van der Waals surface area contributed by atoms with Crippen molar-refractivity contribution in [2.24, 2.45) is 5.73 Å². The highest BCUT2D eigenvalue weighted by atomic mass is 31.1. The van der Waals surface area contributed by atoms with Crippen LogP contribution < -0.4 is 5.73 Å². The van der Waals surface area contributed by atoms with Gasteiger partial charge in [0.15, 0.2) is 5.34 Å². The Bertz CT molecular complexity index is 131. The van der Waals surface area contributed by atoms with Crippen LogP contribution >= 0.6 is 7.68 Å². The predicted molar refractivity (Wildman–Crippen MR) is 28.0 cm³/mol. The third-order valence-corrected chi connectivity index (χ3v) is 1.75. The van der Waals surface area contributed by atoms with Crippen molar-refractivity contribution >= 4 is 7.68 Å². The maximum absolute atomic E-state index is 9.96. The number of aliphatic hydroxyl groups is 1. The lowest BCUT2D eigenvalue weighted by molar-refractivity contribution is 0.150. The molecule has 1 unspecified atom stereocenters. The minimum atomic E-state index is -2.81. The highest BCUT2D eigenvalue weighted by Crippen LogP contribution is 2.22. The van der Waals surface area contributed by atoms with Gasteiger partial charge in [0, 0.05) is 6.54 Å². The van der Waals surface area contributed by atoms with Crippen LogP contribution in [0.15, 0.2) is 0 Å². The van der Waals surface area contributed by atoms with Gasteiger partial charge in [0.2, 0.25) is 0 Å². The van der Waals surface area contributed by atoms with Gasteiger partial charge in [-0.3, -0.25) is 0 Å². The van der Waals surface area contributed by atoms with Crippen molar-refractivity contribution in [3.63, 3.8) is 0 Å². The highest BCUT2D eigenvalue weighted by Gasteiger charge is 2.24. The van der Waals surface area contributed by atoms with E-state index in [-0.39, 0.29) is 6.54 Å². The number of nitrogens with two attached hydrogens (primary N) is 1. The Kier molecular flexibility index (Phi) is 2.34. The molecule has 0 aromatic heterocycles. The molecule has 0 saturated carbocycles. The average molecular weight is 137 g/mol. The van der Waals surface area contributed by atoms with Gasteiger partial charge in [0.05, 0.1) is 0 Å². The van der Waals surface area contributed by atoms with Crippen molar-refractivity contribution < 1.29 is 14.2 Å². The molecule has 0 spiro atoms. The van der Waals surface area contributed by atoms with Crippen molar-refractivity contribution in [2.45, 2.75) is 12.3 Å². The lowest BCUT2D eigenvalue weighted by Crippen LogP contribution is -2.28. The molecule has 0 amide bonds. The fourth-order valence-electron chi connectivity index (χ4n) is 0.0745. The Morgan fingerprint density at radius 1 is 1.75 bits per heavy atom. The predicted octanol–water partition coefficient (Wildman–Crippen LogP) is -0.174. The smallest absolute Gasteiger partial charge is 0.349 e. The van der Waals surface area contributed by atoms with Crippen molar-refractivity contribution in [2.75, 3.05) is 6.54 Å². The molecule has 0 heterocycles. The van der Waals surface area contributed by atoms with Crippen LogP contribution in [-0.4, -0.2) is 17.0 Å². The van der Waals surface area contributed by atoms with Gasteiger partial charge >= 0.3 is 7.68 Å². The van der Waals surface area contributed by atoms with E-state index in [0.29, 0.717) is 0 Å². The molecule has 8 heavy (non-hydrogen) atoms. The van der Waals surface area contributed by atoms with Crippen LogP contribution in [0, 0.1) is 0 Å². The van der Waals surface area contributed by atoms with Crippen LogP contribution in [0.3, 0.4) is 0 Å². The van der Waals surface area contributed by atoms with E-state index in [1.54, 1.807) is 0 Å². The van der Waals surface area contributed by atoms with E-state index in [0.717, 1.165) is 6.92 Å². The van der Waals surface area contributed by atoms with Gasteiger partial charge in [-0.1, -0.05) is 0 Å². The first-order valence-corrected chi connectivity index (χ1v) is 3.25. The largest absolute Gasteiger partial charge is 0.374 e. The first-order chi connectivity index (χ1) is 3.50. The molecule has 0 aliphatic carbocycles. The van der Waals surface area contributed by atoms with E-state index in [4.69, 9.17) is 10.8 Å². The molecular formula is C3H8NO3P. The molecule has 0 aliphatic rings. The summed E-state index contributed by atoms with van der Waals surface area (Å²) in [6.45, 7) is 0.893. The summed E-state index contributed by atoms with van der Waals surface area (Å²) in [4.78, 5) is 0. The maximum Gasteiger partial charge on any atom is 0.349 e. The van der Waals surface area contributed by atoms with E-state index in [9.17, 15) is 9.13 Å². The fraction of sp³-hybridized carbons (Fsp3) is 1.00. The van der Waals surface area contributed by atoms with Crippen LogP contribution in [0.1, 0.15) is 6.92 Å². The third kappa shape index (κ3) is 1.74. The molecule has 3 N–H and O–H groups in total. The number of rotatable bonds is 2. The second-order valence-electron chi connectivity index (χ2n) is 1.68. The van der Waals surface area contributed by atoms with E-state index >= 15 is 0 Å². The van der Waals surface area contributed by atoms with Gasteiger partial charge < -0.3 is 10.8 Å². The summed E-state index contributed by atoms with van der Waals surface area (Å²) < 4.78 is 19.9. The monoisotopic (exact) mass is 137 g/mol. The summed E-state index contributed by atoms with van der Waals surface area (Å²) in [7, 11) is -2.81. The van der Waals surface area contributed by atoms with E-state index < -0.39 is 13.0 Å².